The molecule has 2 aliphatic heterocycles. The fraction of sp³-hybridized carbons (Fsp3) is 0.500. The Morgan fingerprint density at radius 3 is 1.23 bits per heavy atom. The molecule has 2 heterocycles. The number of carbonyl (C=O) groups excluding carboxylic acids is 6. The summed E-state index contributed by atoms with van der Waals surface area (Å²) in [5.41, 5.74) is 3.18. The number of hydrogen-bond donors (Lipinski definition) is 4. The quantitative estimate of drug-likeness (QED) is 0.0546. The van der Waals surface area contributed by atoms with E-state index in [0.717, 1.165) is 11.1 Å². The molecule has 18 heteroatoms. The maximum absolute atomic E-state index is 14.8. The van der Waals surface area contributed by atoms with Crippen LogP contribution in [0.25, 0.3) is 0 Å². The van der Waals surface area contributed by atoms with Crippen molar-refractivity contribution in [2.45, 2.75) is 115 Å². The Morgan fingerprint density at radius 1 is 0.538 bits per heavy atom. The number of carbonyl (C=O) groups is 6. The van der Waals surface area contributed by atoms with Crippen LogP contribution in [0.5, 0.6) is 11.5 Å². The van der Waals surface area contributed by atoms with Crippen molar-refractivity contribution in [3.8, 4) is 11.5 Å². The maximum atomic E-state index is 14.8. The van der Waals surface area contributed by atoms with Crippen LogP contribution in [0.4, 0.5) is 0 Å². The molecule has 18 nitrogen and oxygen atoms in total. The van der Waals surface area contributed by atoms with Crippen LogP contribution >= 0.6 is 0 Å². The average molecular weight is 1080 g/mol. The lowest BCUT2D eigenvalue weighted by Gasteiger charge is -2.35. The van der Waals surface area contributed by atoms with Crippen LogP contribution in [0.15, 0.2) is 109 Å². The van der Waals surface area contributed by atoms with Crippen molar-refractivity contribution in [1.29, 1.82) is 0 Å². The zero-order valence-electron chi connectivity index (χ0n) is 46.8. The van der Waals surface area contributed by atoms with Gasteiger partial charge in [-0.1, -0.05) is 60.7 Å². The van der Waals surface area contributed by atoms with Crippen molar-refractivity contribution >= 4 is 35.4 Å². The Kier molecular flexibility index (Phi) is 23.5. The SMILES string of the molecule is CN[C@@H](C)C(=O)N[C@H](C(=O)N1CCC[C@H]1CN(CCc1ccccc1)C(=O)c1ccc(OC)cc1)[C@@H](C)OCCO[C@H](C)[C@H](NC(=O)[C@H](C)NC)C(=O)N1CCC[C@H]1CN(CCc1ccccc1)C(=O)c1ccc(OC)cc1. The van der Waals surface area contributed by atoms with E-state index < -0.39 is 36.4 Å². The normalized spacial score (nSPS) is 17.5. The molecule has 0 aliphatic carbocycles. The highest BCUT2D eigenvalue weighted by atomic mass is 16.5. The van der Waals surface area contributed by atoms with E-state index in [1.165, 1.54) is 0 Å². The first-order valence-electron chi connectivity index (χ1n) is 27.4. The molecule has 0 aromatic heterocycles. The van der Waals surface area contributed by atoms with Crippen molar-refractivity contribution in [3.63, 3.8) is 0 Å². The van der Waals surface area contributed by atoms with E-state index in [1.807, 2.05) is 60.7 Å². The van der Waals surface area contributed by atoms with Crippen molar-refractivity contribution in [3.05, 3.63) is 131 Å². The molecule has 6 rings (SSSR count). The van der Waals surface area contributed by atoms with Crippen molar-refractivity contribution in [1.82, 2.24) is 40.9 Å². The van der Waals surface area contributed by atoms with Crippen LogP contribution in [-0.2, 0) is 41.5 Å². The molecular weight excluding hydrogens is 993 g/mol. The zero-order chi connectivity index (χ0) is 56.1. The lowest BCUT2D eigenvalue weighted by Crippen LogP contribution is -2.59. The highest BCUT2D eigenvalue weighted by molar-refractivity contribution is 5.95. The minimum Gasteiger partial charge on any atom is -0.497 e. The number of ether oxygens (including phenoxy) is 4. The first kappa shape index (κ1) is 60.4. The van der Waals surface area contributed by atoms with E-state index in [2.05, 4.69) is 21.3 Å². The number of hydrogen-bond acceptors (Lipinski definition) is 12. The van der Waals surface area contributed by atoms with Gasteiger partial charge in [-0.2, -0.15) is 0 Å². The first-order valence-corrected chi connectivity index (χ1v) is 27.4. The summed E-state index contributed by atoms with van der Waals surface area (Å²) < 4.78 is 23.3. The number of amides is 6. The molecule has 0 saturated carbocycles. The molecule has 0 bridgehead atoms. The van der Waals surface area contributed by atoms with Gasteiger partial charge in [0, 0.05) is 62.5 Å². The molecule has 4 aromatic rings. The van der Waals surface area contributed by atoms with E-state index in [-0.39, 0.29) is 73.8 Å². The lowest BCUT2D eigenvalue weighted by molar-refractivity contribution is -0.144. The number of likely N-dealkylation sites (N-methyl/N-ethyl adjacent to an activating group) is 2. The molecule has 4 N–H and O–H groups in total. The fourth-order valence-corrected chi connectivity index (χ4v) is 9.94. The van der Waals surface area contributed by atoms with Crippen molar-refractivity contribution in [2.75, 3.05) is 80.8 Å². The van der Waals surface area contributed by atoms with E-state index in [9.17, 15) is 28.8 Å². The third kappa shape index (κ3) is 16.8. The second-order valence-corrected chi connectivity index (χ2v) is 20.2. The molecule has 4 aromatic carbocycles. The number of methoxy groups -OCH3 is 2. The summed E-state index contributed by atoms with van der Waals surface area (Å²) in [6.45, 7) is 9.11. The standard InChI is InChI=1S/C60H82N8O10/c1-41(61-5)55(69)63-53(59(73)67-33-15-21-49(67)39-65(35-31-45-17-11-9-12-18-45)57(71)47-23-27-51(75-7)28-24-47)43(3)77-37-38-78-44(4)54(64-56(70)42(2)62-6)60(74)68-34-16-22-50(68)40-66(36-32-46-19-13-10-14-20-46)58(72)48-25-29-52(76-8)30-26-48/h9-14,17-20,23-30,41-44,49-50,53-54,61-62H,15-16,21-22,31-40H2,1-8H3,(H,63,69)(H,64,70)/t41-,42-,43+,44+,49-,50-,53-,54-/m0/s1. The molecule has 0 radical (unpaired) electrons. The van der Waals surface area contributed by atoms with Gasteiger partial charge in [0.25, 0.3) is 11.8 Å². The van der Waals surface area contributed by atoms with Crippen LogP contribution < -0.4 is 30.7 Å². The summed E-state index contributed by atoms with van der Waals surface area (Å²) in [6, 6.07) is 29.8. The number of rotatable bonds is 29. The Balaban J connectivity index is 1.14. The van der Waals surface area contributed by atoms with Gasteiger partial charge in [-0.3, -0.25) is 28.8 Å². The third-order valence-corrected chi connectivity index (χ3v) is 15.0. The smallest absolute Gasteiger partial charge is 0.253 e. The molecule has 8 atom stereocenters. The van der Waals surface area contributed by atoms with E-state index >= 15 is 0 Å². The molecule has 6 amide bonds. The summed E-state index contributed by atoms with van der Waals surface area (Å²) in [4.78, 5) is 92.1. The number of nitrogens with one attached hydrogen (secondary N) is 4. The minimum absolute atomic E-state index is 0.0161. The van der Waals surface area contributed by atoms with Gasteiger partial charge in [0.15, 0.2) is 0 Å². The van der Waals surface area contributed by atoms with Gasteiger partial charge in [0.05, 0.1) is 51.7 Å². The number of likely N-dealkylation sites (tertiary alicyclic amines) is 2. The van der Waals surface area contributed by atoms with Gasteiger partial charge >= 0.3 is 0 Å². The van der Waals surface area contributed by atoms with Gasteiger partial charge in [-0.15, -0.1) is 0 Å². The van der Waals surface area contributed by atoms with Crippen molar-refractivity contribution < 1.29 is 47.7 Å². The fourth-order valence-electron chi connectivity index (χ4n) is 9.94. The average Bonchev–Trinajstić information content (AvgIpc) is 4.20. The highest BCUT2D eigenvalue weighted by Gasteiger charge is 2.41. The number of nitrogens with zero attached hydrogens (tertiary/aromatic N) is 4. The largest absolute Gasteiger partial charge is 0.497 e. The molecule has 78 heavy (non-hydrogen) atoms. The van der Waals surface area contributed by atoms with E-state index in [1.54, 1.807) is 124 Å². The predicted molar refractivity (Wildman–Crippen MR) is 299 cm³/mol. The van der Waals surface area contributed by atoms with Gasteiger partial charge in [0.2, 0.25) is 23.6 Å². The second kappa shape index (κ2) is 30.3. The molecule has 2 aliphatic rings. The van der Waals surface area contributed by atoms with Gasteiger partial charge in [0.1, 0.15) is 23.6 Å². The number of benzene rings is 4. The third-order valence-electron chi connectivity index (χ3n) is 15.0. The van der Waals surface area contributed by atoms with Gasteiger partial charge in [-0.05, 0) is 140 Å². The summed E-state index contributed by atoms with van der Waals surface area (Å²) in [6.07, 6.45) is 2.33. The topological polar surface area (TPSA) is 200 Å². The van der Waals surface area contributed by atoms with Gasteiger partial charge in [-0.25, -0.2) is 0 Å². The summed E-state index contributed by atoms with van der Waals surface area (Å²) in [5.74, 6) is -0.475. The summed E-state index contributed by atoms with van der Waals surface area (Å²) >= 11 is 0. The van der Waals surface area contributed by atoms with Crippen LogP contribution in [0.2, 0.25) is 0 Å². The Hall–Kier alpha value is -6.86. The molecule has 2 fully saturated rings. The van der Waals surface area contributed by atoms with Crippen LogP contribution in [0, 0.1) is 0 Å². The first-order chi connectivity index (χ1) is 37.6. The molecular formula is C60H82N8O10. The van der Waals surface area contributed by atoms with Crippen molar-refractivity contribution in [2.24, 2.45) is 0 Å². The van der Waals surface area contributed by atoms with E-state index in [0.29, 0.717) is 87.3 Å². The minimum atomic E-state index is -1.09. The summed E-state index contributed by atoms with van der Waals surface area (Å²) in [5, 5.41) is 11.8. The predicted octanol–water partition coefficient (Wildman–Crippen LogP) is 4.75. The Labute approximate surface area is 460 Å². The summed E-state index contributed by atoms with van der Waals surface area (Å²) in [7, 11) is 6.48. The van der Waals surface area contributed by atoms with Gasteiger partial charge < -0.3 is 59.8 Å². The molecule has 2 saturated heterocycles. The van der Waals surface area contributed by atoms with Crippen LogP contribution in [-0.4, -0.2) is 184 Å². The zero-order valence-corrected chi connectivity index (χ0v) is 46.8. The lowest BCUT2D eigenvalue weighted by atomic mass is 10.1. The van der Waals surface area contributed by atoms with Crippen LogP contribution in [0.1, 0.15) is 85.2 Å². The monoisotopic (exact) mass is 1070 g/mol. The molecule has 0 spiro atoms. The highest BCUT2D eigenvalue weighted by Crippen LogP contribution is 2.25. The van der Waals surface area contributed by atoms with Crippen LogP contribution in [0.3, 0.4) is 0 Å². The maximum Gasteiger partial charge on any atom is 0.253 e. The Bertz CT molecular complexity index is 2360. The van der Waals surface area contributed by atoms with E-state index in [4.69, 9.17) is 18.9 Å². The second-order valence-electron chi connectivity index (χ2n) is 20.2. The Morgan fingerprint density at radius 2 is 0.897 bits per heavy atom. The molecule has 422 valence electrons. The molecule has 0 unspecified atom stereocenters.